The number of furan rings is 1. The Morgan fingerprint density at radius 2 is 1.70 bits per heavy atom. The van der Waals surface area contributed by atoms with Crippen LogP contribution in [-0.2, 0) is 6.42 Å². The third-order valence-corrected chi connectivity index (χ3v) is 7.57. The van der Waals surface area contributed by atoms with Gasteiger partial charge in [-0.25, -0.2) is 4.90 Å². The van der Waals surface area contributed by atoms with E-state index in [1.807, 2.05) is 53.4 Å². The van der Waals surface area contributed by atoms with Crippen LogP contribution in [0.1, 0.15) is 18.4 Å². The molecule has 1 aromatic heterocycles. The highest BCUT2D eigenvalue weighted by Gasteiger charge is 2.22. The van der Waals surface area contributed by atoms with Crippen LogP contribution in [0, 0.1) is 0 Å². The van der Waals surface area contributed by atoms with Crippen molar-refractivity contribution in [2.75, 3.05) is 63.8 Å². The van der Waals surface area contributed by atoms with Crippen molar-refractivity contribution in [3.63, 3.8) is 0 Å². The molecule has 40 heavy (non-hydrogen) atoms. The third kappa shape index (κ3) is 6.18. The Morgan fingerprint density at radius 1 is 0.925 bits per heavy atom. The minimum atomic E-state index is 0.336. The molecule has 8 heteroatoms. The van der Waals surface area contributed by atoms with Crippen molar-refractivity contribution in [3.8, 4) is 11.5 Å². The zero-order valence-corrected chi connectivity index (χ0v) is 23.7. The quantitative estimate of drug-likeness (QED) is 0.157. The first-order valence-corrected chi connectivity index (χ1v) is 13.9. The van der Waals surface area contributed by atoms with Crippen LogP contribution in [0.25, 0.3) is 11.0 Å². The Morgan fingerprint density at radius 3 is 2.40 bits per heavy atom. The number of nitrogens with two attached hydrogens (primary N) is 1. The molecule has 0 amide bonds. The normalized spacial score (nSPS) is 14.5. The molecular formula is C32H39N5O3. The van der Waals surface area contributed by atoms with Crippen LogP contribution in [0.3, 0.4) is 0 Å². The second-order valence-corrected chi connectivity index (χ2v) is 10.0. The Bertz CT molecular complexity index is 1390. The lowest BCUT2D eigenvalue weighted by molar-refractivity contribution is 0.253. The van der Waals surface area contributed by atoms with E-state index in [1.165, 1.54) is 11.3 Å². The van der Waals surface area contributed by atoms with Crippen LogP contribution in [0.2, 0.25) is 0 Å². The lowest BCUT2D eigenvalue weighted by Gasteiger charge is -2.36. The number of guanidine groups is 1. The molecule has 1 fully saturated rings. The van der Waals surface area contributed by atoms with Gasteiger partial charge in [0.25, 0.3) is 0 Å². The predicted octanol–water partition coefficient (Wildman–Crippen LogP) is 5.68. The first-order valence-electron chi connectivity index (χ1n) is 13.9. The van der Waals surface area contributed by atoms with Crippen molar-refractivity contribution in [2.24, 2.45) is 10.7 Å². The molecule has 4 aromatic rings. The van der Waals surface area contributed by atoms with Crippen LogP contribution in [0.15, 0.2) is 82.2 Å². The topological polar surface area (TPSA) is 79.7 Å². The molecule has 3 aromatic carbocycles. The zero-order valence-electron chi connectivity index (χ0n) is 23.7. The molecule has 0 atom stereocenters. The number of aliphatic imine (C=N–C) groups is 1. The van der Waals surface area contributed by atoms with Gasteiger partial charge < -0.3 is 24.5 Å². The summed E-state index contributed by atoms with van der Waals surface area (Å²) in [5.41, 5.74) is 10.5. The van der Waals surface area contributed by atoms with E-state index in [-0.39, 0.29) is 0 Å². The van der Waals surface area contributed by atoms with Gasteiger partial charge in [-0.1, -0.05) is 24.3 Å². The van der Waals surface area contributed by atoms with E-state index in [4.69, 9.17) is 19.6 Å². The lowest BCUT2D eigenvalue weighted by Crippen LogP contribution is -2.46. The Hall–Kier alpha value is -4.17. The summed E-state index contributed by atoms with van der Waals surface area (Å²) < 4.78 is 17.2. The van der Waals surface area contributed by atoms with Gasteiger partial charge in [-0.05, 0) is 73.8 Å². The molecule has 210 valence electrons. The van der Waals surface area contributed by atoms with Gasteiger partial charge in [-0.2, -0.15) is 0 Å². The number of hydrogen-bond donors (Lipinski definition) is 1. The van der Waals surface area contributed by atoms with E-state index in [1.54, 1.807) is 21.3 Å². The number of unbranched alkanes of at least 4 members (excludes halogenated alkanes) is 1. The number of fused-ring (bicyclic) bond motifs is 1. The fourth-order valence-electron chi connectivity index (χ4n) is 5.29. The summed E-state index contributed by atoms with van der Waals surface area (Å²) in [4.78, 5) is 11.1. The van der Waals surface area contributed by atoms with Gasteiger partial charge in [0, 0.05) is 50.4 Å². The SMILES string of the molecule is CN=C(N)N(c1cc2ccccc2o1)c1cc(CCCCN2CCN(c3ccc(OC)cc3)CC2)ccc1OC. The average Bonchev–Trinajstić information content (AvgIpc) is 3.43. The minimum absolute atomic E-state index is 0.336. The number of para-hydroxylation sites is 1. The van der Waals surface area contributed by atoms with Crippen molar-refractivity contribution < 1.29 is 13.9 Å². The highest BCUT2D eigenvalue weighted by molar-refractivity contribution is 6.03. The van der Waals surface area contributed by atoms with Gasteiger partial charge in [0.1, 0.15) is 17.1 Å². The number of nitrogens with zero attached hydrogens (tertiary/aromatic N) is 4. The number of aryl methyl sites for hydroxylation is 1. The highest BCUT2D eigenvalue weighted by atomic mass is 16.5. The standard InChI is InChI=1S/C32H39N5O3/c1-34-32(33)37(31-23-25-9-4-5-10-29(25)40-31)28-22-24(11-16-30(28)39-3)8-6-7-17-35-18-20-36(21-19-35)26-12-14-27(38-2)15-13-26/h4-5,9-16,22-23H,6-8,17-21H2,1-3H3,(H2,33,34). The monoisotopic (exact) mass is 541 g/mol. The summed E-state index contributed by atoms with van der Waals surface area (Å²) in [6, 6.07) is 24.5. The van der Waals surface area contributed by atoms with Crippen molar-refractivity contribution in [1.82, 2.24) is 4.90 Å². The van der Waals surface area contributed by atoms with E-state index in [9.17, 15) is 0 Å². The van der Waals surface area contributed by atoms with Crippen molar-refractivity contribution in [2.45, 2.75) is 19.3 Å². The maximum absolute atomic E-state index is 6.39. The fourth-order valence-corrected chi connectivity index (χ4v) is 5.29. The molecule has 1 saturated heterocycles. The number of ether oxygens (including phenoxy) is 2. The van der Waals surface area contributed by atoms with Gasteiger partial charge in [0.05, 0.1) is 19.9 Å². The molecule has 0 bridgehead atoms. The molecular weight excluding hydrogens is 502 g/mol. The van der Waals surface area contributed by atoms with Crippen LogP contribution in [0.5, 0.6) is 11.5 Å². The Labute approximate surface area is 236 Å². The van der Waals surface area contributed by atoms with E-state index < -0.39 is 0 Å². The van der Waals surface area contributed by atoms with E-state index >= 15 is 0 Å². The number of hydrogen-bond acceptors (Lipinski definition) is 6. The van der Waals surface area contributed by atoms with Crippen LogP contribution in [0.4, 0.5) is 17.3 Å². The number of methoxy groups -OCH3 is 2. The molecule has 1 aliphatic rings. The average molecular weight is 542 g/mol. The van der Waals surface area contributed by atoms with Crippen LogP contribution >= 0.6 is 0 Å². The zero-order chi connectivity index (χ0) is 27.9. The largest absolute Gasteiger partial charge is 0.497 e. The van der Waals surface area contributed by atoms with Crippen molar-refractivity contribution in [1.29, 1.82) is 0 Å². The van der Waals surface area contributed by atoms with Crippen molar-refractivity contribution >= 4 is 34.2 Å². The minimum Gasteiger partial charge on any atom is -0.497 e. The predicted molar refractivity (Wildman–Crippen MR) is 163 cm³/mol. The molecule has 1 aliphatic heterocycles. The van der Waals surface area contributed by atoms with Gasteiger partial charge in [-0.3, -0.25) is 9.89 Å². The molecule has 2 heterocycles. The second-order valence-electron chi connectivity index (χ2n) is 10.0. The fraction of sp³-hybridized carbons (Fsp3) is 0.344. The number of benzene rings is 3. The van der Waals surface area contributed by atoms with Gasteiger partial charge >= 0.3 is 0 Å². The molecule has 8 nitrogen and oxygen atoms in total. The number of anilines is 3. The summed E-state index contributed by atoms with van der Waals surface area (Å²) in [5, 5.41) is 1.01. The summed E-state index contributed by atoms with van der Waals surface area (Å²) in [7, 11) is 5.05. The molecule has 0 spiro atoms. The molecule has 0 saturated carbocycles. The second kappa shape index (κ2) is 12.8. The molecule has 0 radical (unpaired) electrons. The van der Waals surface area contributed by atoms with Gasteiger partial charge in [-0.15, -0.1) is 0 Å². The summed E-state index contributed by atoms with van der Waals surface area (Å²) >= 11 is 0. The summed E-state index contributed by atoms with van der Waals surface area (Å²) in [6.07, 6.45) is 3.22. The maximum Gasteiger partial charge on any atom is 0.208 e. The first kappa shape index (κ1) is 27.4. The first-order chi connectivity index (χ1) is 19.6. The molecule has 5 rings (SSSR count). The van der Waals surface area contributed by atoms with Gasteiger partial charge in [0.15, 0.2) is 0 Å². The number of piperazine rings is 1. The summed E-state index contributed by atoms with van der Waals surface area (Å²) in [5.74, 6) is 2.55. The van der Waals surface area contributed by atoms with Gasteiger partial charge in [0.2, 0.25) is 11.8 Å². The molecule has 0 aliphatic carbocycles. The number of rotatable bonds is 10. The van der Waals surface area contributed by atoms with E-state index in [0.717, 1.165) is 74.4 Å². The molecule has 0 unspecified atom stereocenters. The van der Waals surface area contributed by atoms with Crippen LogP contribution < -0.4 is 25.0 Å². The Kier molecular flexibility index (Phi) is 8.76. The Balaban J connectivity index is 1.19. The molecule has 2 N–H and O–H groups in total. The lowest BCUT2D eigenvalue weighted by atomic mass is 10.1. The maximum atomic E-state index is 6.39. The highest BCUT2D eigenvalue weighted by Crippen LogP contribution is 2.37. The van der Waals surface area contributed by atoms with Crippen LogP contribution in [-0.4, -0.2) is 64.9 Å². The summed E-state index contributed by atoms with van der Waals surface area (Å²) in [6.45, 7) is 5.38. The smallest absolute Gasteiger partial charge is 0.208 e. The van der Waals surface area contributed by atoms with Crippen molar-refractivity contribution in [3.05, 3.63) is 78.4 Å². The van der Waals surface area contributed by atoms with E-state index in [2.05, 4.69) is 39.1 Å². The van der Waals surface area contributed by atoms with E-state index in [0.29, 0.717) is 17.6 Å². The third-order valence-electron chi connectivity index (χ3n) is 7.57.